The summed E-state index contributed by atoms with van der Waals surface area (Å²) in [5.41, 5.74) is 6.50. The molecule has 0 unspecified atom stereocenters. The first-order valence-electron chi connectivity index (χ1n) is 6.63. The fourth-order valence-electron chi connectivity index (χ4n) is 1.78. The number of halogens is 1. The van der Waals surface area contributed by atoms with Crippen LogP contribution in [0.4, 0.5) is 10.1 Å². The Balaban J connectivity index is 1.85. The first-order chi connectivity index (χ1) is 10.1. The summed E-state index contributed by atoms with van der Waals surface area (Å²) in [5.74, 6) is 0.0438. The fraction of sp³-hybridized carbons (Fsp3) is 0.188. The third-order valence-corrected chi connectivity index (χ3v) is 2.91. The quantitative estimate of drug-likeness (QED) is 0.823. The monoisotopic (exact) mass is 288 g/mol. The van der Waals surface area contributed by atoms with E-state index in [2.05, 4.69) is 5.32 Å². The highest BCUT2D eigenvalue weighted by atomic mass is 19.1. The molecular formula is C16H17FN2O2. The van der Waals surface area contributed by atoms with Crippen molar-refractivity contribution < 1.29 is 13.9 Å². The van der Waals surface area contributed by atoms with E-state index in [1.165, 1.54) is 6.07 Å². The number of anilines is 1. The number of primary amides is 1. The summed E-state index contributed by atoms with van der Waals surface area (Å²) in [4.78, 5) is 10.6. The summed E-state index contributed by atoms with van der Waals surface area (Å²) in [5, 5.41) is 3.13. The summed E-state index contributed by atoms with van der Waals surface area (Å²) >= 11 is 0. The zero-order chi connectivity index (χ0) is 15.1. The van der Waals surface area contributed by atoms with Crippen LogP contribution in [0, 0.1) is 5.82 Å². The van der Waals surface area contributed by atoms with Gasteiger partial charge >= 0.3 is 0 Å². The van der Waals surface area contributed by atoms with Gasteiger partial charge in [-0.05, 0) is 30.3 Å². The summed E-state index contributed by atoms with van der Waals surface area (Å²) in [6.45, 7) is 0.673. The second kappa shape index (κ2) is 7.28. The molecule has 0 saturated carbocycles. The van der Waals surface area contributed by atoms with Gasteiger partial charge in [0.2, 0.25) is 5.91 Å². The molecule has 0 spiro atoms. The minimum atomic E-state index is -0.391. The number of hydrogen-bond acceptors (Lipinski definition) is 3. The van der Waals surface area contributed by atoms with Crippen molar-refractivity contribution in [2.24, 2.45) is 5.73 Å². The zero-order valence-electron chi connectivity index (χ0n) is 11.5. The van der Waals surface area contributed by atoms with E-state index in [1.807, 2.05) is 12.1 Å². The van der Waals surface area contributed by atoms with Crippen LogP contribution < -0.4 is 15.8 Å². The molecule has 0 aliphatic carbocycles. The first kappa shape index (κ1) is 14.8. The fourth-order valence-corrected chi connectivity index (χ4v) is 1.78. The first-order valence-corrected chi connectivity index (χ1v) is 6.63. The van der Waals surface area contributed by atoms with E-state index < -0.39 is 5.91 Å². The van der Waals surface area contributed by atoms with E-state index in [0.29, 0.717) is 17.9 Å². The standard InChI is InChI=1S/C16H17FN2O2/c17-15-4-2-1-3-12(15)11-19-13-5-7-14(8-6-13)21-10-9-16(18)20/h1-8,19H,9-11H2,(H2,18,20). The molecule has 0 fully saturated rings. The minimum absolute atomic E-state index is 0.188. The maximum Gasteiger partial charge on any atom is 0.220 e. The van der Waals surface area contributed by atoms with Gasteiger partial charge in [0.05, 0.1) is 13.0 Å². The van der Waals surface area contributed by atoms with Crippen molar-refractivity contribution >= 4 is 11.6 Å². The Morgan fingerprint density at radius 2 is 1.86 bits per heavy atom. The number of hydrogen-bond donors (Lipinski definition) is 2. The molecule has 3 N–H and O–H groups in total. The number of ether oxygens (including phenoxy) is 1. The van der Waals surface area contributed by atoms with Gasteiger partial charge in [-0.3, -0.25) is 4.79 Å². The van der Waals surface area contributed by atoms with Crippen LogP contribution in [0.3, 0.4) is 0 Å². The van der Waals surface area contributed by atoms with Gasteiger partial charge in [0.25, 0.3) is 0 Å². The molecule has 0 heterocycles. The molecule has 1 amide bonds. The van der Waals surface area contributed by atoms with Gasteiger partial charge in [0.15, 0.2) is 0 Å². The molecule has 0 radical (unpaired) electrons. The van der Waals surface area contributed by atoms with Gasteiger partial charge in [-0.15, -0.1) is 0 Å². The topological polar surface area (TPSA) is 64.4 Å². The SMILES string of the molecule is NC(=O)CCOc1ccc(NCc2ccccc2F)cc1. The zero-order valence-corrected chi connectivity index (χ0v) is 11.5. The predicted molar refractivity (Wildman–Crippen MR) is 79.5 cm³/mol. The van der Waals surface area contributed by atoms with Crippen molar-refractivity contribution in [3.63, 3.8) is 0 Å². The largest absolute Gasteiger partial charge is 0.493 e. The third kappa shape index (κ3) is 4.80. The van der Waals surface area contributed by atoms with Gasteiger partial charge in [-0.1, -0.05) is 18.2 Å². The average Bonchev–Trinajstić information content (AvgIpc) is 2.47. The van der Waals surface area contributed by atoms with Crippen LogP contribution in [-0.2, 0) is 11.3 Å². The molecule has 2 aromatic rings. The highest BCUT2D eigenvalue weighted by Crippen LogP contribution is 2.17. The van der Waals surface area contributed by atoms with Crippen molar-refractivity contribution in [3.05, 3.63) is 59.9 Å². The average molecular weight is 288 g/mol. The summed E-state index contributed by atoms with van der Waals surface area (Å²) in [7, 11) is 0. The number of carbonyl (C=O) groups excluding carboxylic acids is 1. The molecule has 0 bridgehead atoms. The Morgan fingerprint density at radius 3 is 2.52 bits per heavy atom. The summed E-state index contributed by atoms with van der Waals surface area (Å²) in [6.07, 6.45) is 0.188. The summed E-state index contributed by atoms with van der Waals surface area (Å²) < 4.78 is 18.8. The Labute approximate surface area is 122 Å². The number of amides is 1. The Morgan fingerprint density at radius 1 is 1.14 bits per heavy atom. The molecule has 0 aromatic heterocycles. The van der Waals surface area contributed by atoms with Crippen molar-refractivity contribution in [1.29, 1.82) is 0 Å². The van der Waals surface area contributed by atoms with Crippen LogP contribution in [0.25, 0.3) is 0 Å². The van der Waals surface area contributed by atoms with Gasteiger partial charge in [0.1, 0.15) is 11.6 Å². The van der Waals surface area contributed by atoms with Crippen LogP contribution in [0.1, 0.15) is 12.0 Å². The number of benzene rings is 2. The molecule has 5 heteroatoms. The van der Waals surface area contributed by atoms with Gasteiger partial charge in [-0.25, -0.2) is 4.39 Å². The number of nitrogens with one attached hydrogen (secondary N) is 1. The molecule has 2 aromatic carbocycles. The Bertz CT molecular complexity index is 599. The molecule has 110 valence electrons. The molecule has 4 nitrogen and oxygen atoms in total. The number of carbonyl (C=O) groups is 1. The van der Waals surface area contributed by atoms with E-state index in [0.717, 1.165) is 5.69 Å². The highest BCUT2D eigenvalue weighted by molar-refractivity contribution is 5.73. The smallest absolute Gasteiger partial charge is 0.220 e. The van der Waals surface area contributed by atoms with Crippen molar-refractivity contribution in [3.8, 4) is 5.75 Å². The van der Waals surface area contributed by atoms with Gasteiger partial charge < -0.3 is 15.8 Å². The van der Waals surface area contributed by atoms with Gasteiger partial charge in [0, 0.05) is 17.8 Å². The van der Waals surface area contributed by atoms with Crippen molar-refractivity contribution in [2.45, 2.75) is 13.0 Å². The normalized spacial score (nSPS) is 10.1. The van der Waals surface area contributed by atoms with E-state index in [-0.39, 0.29) is 18.8 Å². The van der Waals surface area contributed by atoms with E-state index in [4.69, 9.17) is 10.5 Å². The maximum absolute atomic E-state index is 13.5. The Hall–Kier alpha value is -2.56. The lowest BCUT2D eigenvalue weighted by atomic mass is 10.2. The molecule has 0 saturated heterocycles. The third-order valence-electron chi connectivity index (χ3n) is 2.91. The van der Waals surface area contributed by atoms with E-state index in [1.54, 1.807) is 30.3 Å². The number of rotatable bonds is 7. The van der Waals surface area contributed by atoms with Crippen LogP contribution in [-0.4, -0.2) is 12.5 Å². The van der Waals surface area contributed by atoms with Crippen LogP contribution in [0.15, 0.2) is 48.5 Å². The van der Waals surface area contributed by atoms with Crippen molar-refractivity contribution in [2.75, 3.05) is 11.9 Å². The molecule has 21 heavy (non-hydrogen) atoms. The van der Waals surface area contributed by atoms with E-state index >= 15 is 0 Å². The minimum Gasteiger partial charge on any atom is -0.493 e. The van der Waals surface area contributed by atoms with Gasteiger partial charge in [-0.2, -0.15) is 0 Å². The molecular weight excluding hydrogens is 271 g/mol. The molecule has 0 aliphatic rings. The van der Waals surface area contributed by atoms with Crippen molar-refractivity contribution in [1.82, 2.24) is 0 Å². The Kier molecular flexibility index (Phi) is 5.15. The maximum atomic E-state index is 13.5. The van der Waals surface area contributed by atoms with Crippen LogP contribution >= 0.6 is 0 Å². The summed E-state index contributed by atoms with van der Waals surface area (Å²) in [6, 6.07) is 13.9. The lowest BCUT2D eigenvalue weighted by Crippen LogP contribution is -2.14. The van der Waals surface area contributed by atoms with Crippen LogP contribution in [0.5, 0.6) is 5.75 Å². The predicted octanol–water partition coefficient (Wildman–Crippen LogP) is 2.69. The lowest BCUT2D eigenvalue weighted by molar-refractivity contribution is -0.118. The second-order valence-corrected chi connectivity index (χ2v) is 4.53. The molecule has 2 rings (SSSR count). The molecule has 0 atom stereocenters. The van der Waals surface area contributed by atoms with E-state index in [9.17, 15) is 9.18 Å². The lowest BCUT2D eigenvalue weighted by Gasteiger charge is -2.09. The second-order valence-electron chi connectivity index (χ2n) is 4.53. The number of nitrogens with two attached hydrogens (primary N) is 1. The highest BCUT2D eigenvalue weighted by Gasteiger charge is 2.01. The molecule has 0 aliphatic heterocycles. The van der Waals surface area contributed by atoms with Crippen LogP contribution in [0.2, 0.25) is 0 Å².